The van der Waals surface area contributed by atoms with Crippen LogP contribution in [0.5, 0.6) is 11.5 Å². The maximum atomic E-state index is 6.83. The zero-order chi connectivity index (χ0) is 34.8. The first kappa shape index (κ1) is 31.7. The molecule has 5 nitrogen and oxygen atoms in total. The maximum absolute atomic E-state index is 6.83. The Kier molecular flexibility index (Phi) is 7.48. The van der Waals surface area contributed by atoms with Crippen molar-refractivity contribution in [1.82, 2.24) is 9.55 Å². The SMILES string of the molecule is Cc1ccc(N2CN(c3cc(Oc4ccc5c6ccccc6n(-c6cc(C(C)(C)C)ccn6)c5c4)cc(C(C)(C)C)c3)c3ccccc32)cc1. The first-order chi connectivity index (χ1) is 23.9. The molecule has 0 amide bonds. The summed E-state index contributed by atoms with van der Waals surface area (Å²) in [6, 6.07) is 43.5. The minimum atomic E-state index is -0.0792. The third kappa shape index (κ3) is 5.67. The van der Waals surface area contributed by atoms with Crippen LogP contribution in [0.1, 0.15) is 58.2 Å². The van der Waals surface area contributed by atoms with Gasteiger partial charge in [-0.3, -0.25) is 4.57 Å². The van der Waals surface area contributed by atoms with Gasteiger partial charge in [0.2, 0.25) is 0 Å². The molecule has 0 fully saturated rings. The second-order valence-corrected chi connectivity index (χ2v) is 15.6. The average Bonchev–Trinajstić information content (AvgIpc) is 3.64. The second-order valence-electron chi connectivity index (χ2n) is 15.6. The second kappa shape index (κ2) is 11.8. The van der Waals surface area contributed by atoms with Gasteiger partial charge in [-0.1, -0.05) is 89.6 Å². The Balaban J connectivity index is 1.22. The molecule has 0 unspecified atom stereocenters. The largest absolute Gasteiger partial charge is 0.457 e. The highest BCUT2D eigenvalue weighted by molar-refractivity contribution is 6.09. The van der Waals surface area contributed by atoms with Gasteiger partial charge in [-0.05, 0) is 95.6 Å². The average molecular weight is 657 g/mol. The van der Waals surface area contributed by atoms with Gasteiger partial charge in [0.15, 0.2) is 0 Å². The number of fused-ring (bicyclic) bond motifs is 4. The molecule has 50 heavy (non-hydrogen) atoms. The van der Waals surface area contributed by atoms with Gasteiger partial charge >= 0.3 is 0 Å². The van der Waals surface area contributed by atoms with Gasteiger partial charge in [0.05, 0.1) is 22.4 Å². The first-order valence-corrected chi connectivity index (χ1v) is 17.5. The molecule has 5 heteroatoms. The van der Waals surface area contributed by atoms with E-state index < -0.39 is 0 Å². The number of para-hydroxylation sites is 3. The van der Waals surface area contributed by atoms with Crippen molar-refractivity contribution < 1.29 is 4.74 Å². The zero-order valence-corrected chi connectivity index (χ0v) is 30.0. The lowest BCUT2D eigenvalue weighted by molar-refractivity contribution is 0.479. The van der Waals surface area contributed by atoms with E-state index in [2.05, 4.69) is 184 Å². The van der Waals surface area contributed by atoms with Gasteiger partial charge in [-0.25, -0.2) is 4.98 Å². The number of ether oxygens (including phenoxy) is 1. The Morgan fingerprint density at radius 3 is 1.94 bits per heavy atom. The van der Waals surface area contributed by atoms with Crippen molar-refractivity contribution in [2.24, 2.45) is 0 Å². The molecule has 0 spiro atoms. The number of hydrogen-bond donors (Lipinski definition) is 0. The molecule has 8 rings (SSSR count). The van der Waals surface area contributed by atoms with Gasteiger partial charge < -0.3 is 14.5 Å². The van der Waals surface area contributed by atoms with Crippen molar-refractivity contribution in [2.45, 2.75) is 59.3 Å². The molecule has 0 radical (unpaired) electrons. The standard InChI is InChI=1S/C45H44N4O/c1-30-16-18-33(19-17-30)47-29-48(41-15-11-10-14-40(41)47)34-24-32(45(5,6)7)25-36(27-34)50-35-20-21-38-37-12-8-9-13-39(37)49(42(38)28-35)43-26-31(22-23-46-43)44(2,3)4/h8-28H,29H2,1-7H3. The monoisotopic (exact) mass is 656 g/mol. The van der Waals surface area contributed by atoms with Gasteiger partial charge in [-0.15, -0.1) is 0 Å². The van der Waals surface area contributed by atoms with Crippen LogP contribution in [0.15, 0.2) is 128 Å². The predicted molar refractivity (Wildman–Crippen MR) is 209 cm³/mol. The van der Waals surface area contributed by atoms with Gasteiger partial charge in [0.25, 0.3) is 0 Å². The summed E-state index contributed by atoms with van der Waals surface area (Å²) in [5.41, 5.74) is 10.5. The van der Waals surface area contributed by atoms with Crippen LogP contribution in [0.3, 0.4) is 0 Å². The van der Waals surface area contributed by atoms with E-state index in [9.17, 15) is 0 Å². The summed E-state index contributed by atoms with van der Waals surface area (Å²) in [5.74, 6) is 2.51. The molecule has 0 saturated carbocycles. The predicted octanol–water partition coefficient (Wildman–Crippen LogP) is 12.1. The normalized spacial score (nSPS) is 13.3. The lowest BCUT2D eigenvalue weighted by atomic mass is 9.86. The van der Waals surface area contributed by atoms with Crippen LogP contribution >= 0.6 is 0 Å². The summed E-state index contributed by atoms with van der Waals surface area (Å²) in [6.45, 7) is 16.3. The van der Waals surface area contributed by atoms with Crippen LogP contribution in [0.2, 0.25) is 0 Å². The third-order valence-electron chi connectivity index (χ3n) is 9.88. The van der Waals surface area contributed by atoms with E-state index in [4.69, 9.17) is 9.72 Å². The first-order valence-electron chi connectivity index (χ1n) is 17.5. The van der Waals surface area contributed by atoms with Crippen molar-refractivity contribution in [2.75, 3.05) is 16.5 Å². The summed E-state index contributed by atoms with van der Waals surface area (Å²) >= 11 is 0. The van der Waals surface area contributed by atoms with Crippen molar-refractivity contribution >= 4 is 44.6 Å². The number of aryl methyl sites for hydroxylation is 1. The molecule has 0 bridgehead atoms. The molecule has 0 aliphatic carbocycles. The van der Waals surface area contributed by atoms with Crippen LogP contribution in [0.25, 0.3) is 27.6 Å². The lowest BCUT2D eigenvalue weighted by Gasteiger charge is -2.26. The summed E-state index contributed by atoms with van der Waals surface area (Å²) in [4.78, 5) is 9.65. The molecule has 1 aliphatic heterocycles. The summed E-state index contributed by atoms with van der Waals surface area (Å²) < 4.78 is 9.09. The van der Waals surface area contributed by atoms with Crippen LogP contribution in [0.4, 0.5) is 22.7 Å². The third-order valence-corrected chi connectivity index (χ3v) is 9.88. The van der Waals surface area contributed by atoms with E-state index >= 15 is 0 Å². The molecular formula is C45H44N4O. The topological polar surface area (TPSA) is 33.5 Å². The summed E-state index contributed by atoms with van der Waals surface area (Å²) in [7, 11) is 0. The Hall–Kier alpha value is -5.55. The van der Waals surface area contributed by atoms with E-state index in [1.54, 1.807) is 0 Å². The smallest absolute Gasteiger partial charge is 0.137 e. The van der Waals surface area contributed by atoms with Crippen LogP contribution < -0.4 is 14.5 Å². The van der Waals surface area contributed by atoms with Crippen molar-refractivity contribution in [3.8, 4) is 17.3 Å². The molecule has 3 heterocycles. The van der Waals surface area contributed by atoms with E-state index in [0.717, 1.165) is 34.0 Å². The minimum absolute atomic E-state index is 0.00746. The van der Waals surface area contributed by atoms with E-state index in [0.29, 0.717) is 6.67 Å². The van der Waals surface area contributed by atoms with E-state index in [1.165, 1.54) is 44.5 Å². The summed E-state index contributed by atoms with van der Waals surface area (Å²) in [5, 5.41) is 2.37. The van der Waals surface area contributed by atoms with Crippen molar-refractivity contribution in [3.05, 3.63) is 144 Å². The highest BCUT2D eigenvalue weighted by Crippen LogP contribution is 2.46. The van der Waals surface area contributed by atoms with Crippen LogP contribution in [-0.2, 0) is 10.8 Å². The highest BCUT2D eigenvalue weighted by atomic mass is 16.5. The Morgan fingerprint density at radius 1 is 0.560 bits per heavy atom. The Morgan fingerprint density at radius 2 is 1.22 bits per heavy atom. The molecule has 2 aromatic heterocycles. The molecule has 7 aromatic rings. The molecule has 1 aliphatic rings. The number of benzene rings is 5. The lowest BCUT2D eigenvalue weighted by Crippen LogP contribution is -2.24. The quantitative estimate of drug-likeness (QED) is 0.185. The van der Waals surface area contributed by atoms with E-state index in [-0.39, 0.29) is 10.8 Å². The number of hydrogen-bond acceptors (Lipinski definition) is 4. The van der Waals surface area contributed by atoms with Gasteiger partial charge in [0, 0.05) is 40.5 Å². The van der Waals surface area contributed by atoms with Crippen molar-refractivity contribution in [1.29, 1.82) is 0 Å². The Bertz CT molecular complexity index is 2370. The highest BCUT2D eigenvalue weighted by Gasteiger charge is 2.29. The number of pyridine rings is 1. The fourth-order valence-electron chi connectivity index (χ4n) is 7.02. The molecule has 0 N–H and O–H groups in total. The summed E-state index contributed by atoms with van der Waals surface area (Å²) in [6.07, 6.45) is 1.92. The number of nitrogens with zero attached hydrogens (tertiary/aromatic N) is 4. The molecular weight excluding hydrogens is 613 g/mol. The van der Waals surface area contributed by atoms with Crippen LogP contribution in [0, 0.1) is 6.92 Å². The van der Waals surface area contributed by atoms with Crippen molar-refractivity contribution in [3.63, 3.8) is 0 Å². The minimum Gasteiger partial charge on any atom is -0.457 e. The fraction of sp³-hybridized carbons (Fsp3) is 0.222. The number of aromatic nitrogens is 2. The van der Waals surface area contributed by atoms with E-state index in [1.807, 2.05) is 6.20 Å². The fourth-order valence-corrected chi connectivity index (χ4v) is 7.02. The zero-order valence-electron chi connectivity index (χ0n) is 30.0. The molecule has 250 valence electrons. The molecule has 0 atom stereocenters. The maximum Gasteiger partial charge on any atom is 0.137 e. The van der Waals surface area contributed by atoms with Crippen LogP contribution in [-0.4, -0.2) is 16.2 Å². The molecule has 0 saturated heterocycles. The number of rotatable bonds is 5. The Labute approximate surface area is 295 Å². The molecule has 5 aromatic carbocycles. The number of anilines is 4. The van der Waals surface area contributed by atoms with Gasteiger partial charge in [0.1, 0.15) is 24.0 Å². The van der Waals surface area contributed by atoms with Gasteiger partial charge in [-0.2, -0.15) is 0 Å².